The number of aliphatic hydroxyl groups excluding tert-OH is 1. The molecule has 1 saturated carbocycles. The van der Waals surface area contributed by atoms with Crippen molar-refractivity contribution in [3.63, 3.8) is 0 Å². The van der Waals surface area contributed by atoms with Crippen LogP contribution in [0.3, 0.4) is 0 Å². The van der Waals surface area contributed by atoms with E-state index in [1.807, 2.05) is 24.3 Å². The summed E-state index contributed by atoms with van der Waals surface area (Å²) in [6, 6.07) is 16.5. The molecule has 1 aliphatic carbocycles. The SMILES string of the molecule is O=C(O)CSCCC(O)Cc1cccc(C2CCCC2)c1OCc1ccccc1. The summed E-state index contributed by atoms with van der Waals surface area (Å²) in [6.07, 6.45) is 5.50. The molecule has 1 unspecified atom stereocenters. The lowest BCUT2D eigenvalue weighted by Gasteiger charge is -2.21. The fraction of sp³-hybridized carbons (Fsp3) is 0.458. The average Bonchev–Trinajstić information content (AvgIpc) is 3.25. The zero-order valence-corrected chi connectivity index (χ0v) is 17.6. The number of ether oxygens (including phenoxy) is 1. The molecule has 0 bridgehead atoms. The van der Waals surface area contributed by atoms with Crippen LogP contribution in [0, 0.1) is 0 Å². The Morgan fingerprint density at radius 2 is 1.86 bits per heavy atom. The van der Waals surface area contributed by atoms with E-state index in [-0.39, 0.29) is 5.75 Å². The zero-order valence-electron chi connectivity index (χ0n) is 16.8. The van der Waals surface area contributed by atoms with Gasteiger partial charge >= 0.3 is 5.97 Å². The number of hydrogen-bond acceptors (Lipinski definition) is 4. The average molecular weight is 415 g/mol. The summed E-state index contributed by atoms with van der Waals surface area (Å²) in [7, 11) is 0. The Kier molecular flexibility index (Phi) is 8.44. The molecule has 2 aromatic carbocycles. The number of benzene rings is 2. The van der Waals surface area contributed by atoms with Crippen LogP contribution in [0.5, 0.6) is 5.75 Å². The molecule has 1 atom stereocenters. The van der Waals surface area contributed by atoms with Crippen LogP contribution < -0.4 is 4.74 Å². The lowest BCUT2D eigenvalue weighted by molar-refractivity contribution is -0.133. The van der Waals surface area contributed by atoms with Crippen LogP contribution in [0.1, 0.15) is 54.7 Å². The Hall–Kier alpha value is -1.98. The van der Waals surface area contributed by atoms with Gasteiger partial charge in [-0.1, -0.05) is 61.4 Å². The van der Waals surface area contributed by atoms with Crippen molar-refractivity contribution in [2.24, 2.45) is 0 Å². The van der Waals surface area contributed by atoms with Gasteiger partial charge in [0.25, 0.3) is 0 Å². The number of aliphatic carboxylic acids is 1. The van der Waals surface area contributed by atoms with Crippen LogP contribution in [-0.4, -0.2) is 33.8 Å². The number of para-hydroxylation sites is 1. The second kappa shape index (κ2) is 11.3. The van der Waals surface area contributed by atoms with Crippen molar-refractivity contribution in [2.45, 2.75) is 57.2 Å². The molecule has 1 fully saturated rings. The Morgan fingerprint density at radius 3 is 2.59 bits per heavy atom. The topological polar surface area (TPSA) is 66.8 Å². The third kappa shape index (κ3) is 6.79. The number of rotatable bonds is 11. The Bertz CT molecular complexity index is 772. The normalized spacial score (nSPS) is 15.3. The smallest absolute Gasteiger partial charge is 0.313 e. The third-order valence-corrected chi connectivity index (χ3v) is 6.40. The van der Waals surface area contributed by atoms with E-state index in [1.54, 1.807) is 0 Å². The highest BCUT2D eigenvalue weighted by Gasteiger charge is 2.23. The van der Waals surface area contributed by atoms with Crippen molar-refractivity contribution < 1.29 is 19.7 Å². The van der Waals surface area contributed by atoms with E-state index in [0.717, 1.165) is 16.9 Å². The second-order valence-corrected chi connectivity index (χ2v) is 8.79. The maximum atomic E-state index is 10.6. The maximum Gasteiger partial charge on any atom is 0.313 e. The van der Waals surface area contributed by atoms with E-state index in [4.69, 9.17) is 9.84 Å². The Balaban J connectivity index is 1.70. The molecule has 5 heteroatoms. The van der Waals surface area contributed by atoms with Crippen LogP contribution in [0.4, 0.5) is 0 Å². The summed E-state index contributed by atoms with van der Waals surface area (Å²) in [5, 5.41) is 19.3. The molecule has 4 nitrogen and oxygen atoms in total. The molecule has 0 aromatic heterocycles. The van der Waals surface area contributed by atoms with Gasteiger partial charge in [-0.2, -0.15) is 11.8 Å². The van der Waals surface area contributed by atoms with Crippen LogP contribution in [0.15, 0.2) is 48.5 Å². The minimum atomic E-state index is -0.814. The van der Waals surface area contributed by atoms with Crippen molar-refractivity contribution in [2.75, 3.05) is 11.5 Å². The molecule has 0 aliphatic heterocycles. The highest BCUT2D eigenvalue weighted by atomic mass is 32.2. The molecule has 0 heterocycles. The Labute approximate surface area is 177 Å². The van der Waals surface area contributed by atoms with Gasteiger partial charge in [-0.05, 0) is 47.6 Å². The molecule has 156 valence electrons. The lowest BCUT2D eigenvalue weighted by Crippen LogP contribution is -2.14. The molecular weight excluding hydrogens is 384 g/mol. The van der Waals surface area contributed by atoms with Gasteiger partial charge in [0, 0.05) is 6.42 Å². The highest BCUT2D eigenvalue weighted by molar-refractivity contribution is 7.99. The first-order valence-corrected chi connectivity index (χ1v) is 11.5. The van der Waals surface area contributed by atoms with E-state index >= 15 is 0 Å². The molecule has 0 spiro atoms. The largest absolute Gasteiger partial charge is 0.488 e. The number of carboxylic acid groups (broad SMARTS) is 1. The number of aliphatic hydroxyl groups is 1. The molecule has 2 N–H and O–H groups in total. The molecule has 29 heavy (non-hydrogen) atoms. The fourth-order valence-corrected chi connectivity index (χ4v) is 4.72. The summed E-state index contributed by atoms with van der Waals surface area (Å²) in [5.41, 5.74) is 3.44. The first-order valence-electron chi connectivity index (χ1n) is 10.4. The van der Waals surface area contributed by atoms with Gasteiger partial charge in [-0.15, -0.1) is 0 Å². The summed E-state index contributed by atoms with van der Waals surface area (Å²) >= 11 is 1.34. The second-order valence-electron chi connectivity index (χ2n) is 7.68. The van der Waals surface area contributed by atoms with E-state index in [9.17, 15) is 9.90 Å². The monoisotopic (exact) mass is 414 g/mol. The fourth-order valence-electron chi connectivity index (χ4n) is 3.96. The summed E-state index contributed by atoms with van der Waals surface area (Å²) < 4.78 is 6.33. The van der Waals surface area contributed by atoms with Gasteiger partial charge in [0.15, 0.2) is 0 Å². The molecule has 3 rings (SSSR count). The van der Waals surface area contributed by atoms with Crippen molar-refractivity contribution in [3.8, 4) is 5.75 Å². The number of hydrogen-bond donors (Lipinski definition) is 2. The first kappa shape index (κ1) is 21.7. The summed E-state index contributed by atoms with van der Waals surface area (Å²) in [6.45, 7) is 0.516. The van der Waals surface area contributed by atoms with Crippen molar-refractivity contribution in [1.82, 2.24) is 0 Å². The van der Waals surface area contributed by atoms with Crippen LogP contribution in [0.2, 0.25) is 0 Å². The van der Waals surface area contributed by atoms with Crippen molar-refractivity contribution >= 4 is 17.7 Å². The number of thioether (sulfide) groups is 1. The van der Waals surface area contributed by atoms with E-state index in [0.29, 0.717) is 31.1 Å². The third-order valence-electron chi connectivity index (χ3n) is 5.42. The molecule has 2 aromatic rings. The first-order chi connectivity index (χ1) is 14.1. The minimum Gasteiger partial charge on any atom is -0.488 e. The number of carboxylic acids is 1. The molecule has 0 saturated heterocycles. The minimum absolute atomic E-state index is 0.0787. The van der Waals surface area contributed by atoms with Crippen LogP contribution >= 0.6 is 11.8 Å². The van der Waals surface area contributed by atoms with Crippen molar-refractivity contribution in [1.29, 1.82) is 0 Å². The molecular formula is C24H30O4S. The van der Waals surface area contributed by atoms with E-state index in [1.165, 1.54) is 43.0 Å². The quantitative estimate of drug-likeness (QED) is 0.505. The van der Waals surface area contributed by atoms with Crippen LogP contribution in [-0.2, 0) is 17.8 Å². The molecule has 1 aliphatic rings. The Morgan fingerprint density at radius 1 is 1.10 bits per heavy atom. The highest BCUT2D eigenvalue weighted by Crippen LogP contribution is 2.41. The number of carbonyl (C=O) groups is 1. The standard InChI is InChI=1S/C24H30O4S/c25-21(13-14-29-17-23(26)27)15-20-11-6-12-22(19-9-4-5-10-19)24(20)28-16-18-7-2-1-3-8-18/h1-3,6-8,11-12,19,21,25H,4-5,9-10,13-17H2,(H,26,27). The summed E-state index contributed by atoms with van der Waals surface area (Å²) in [5.74, 6) is 1.36. The van der Waals surface area contributed by atoms with Gasteiger partial charge in [-0.25, -0.2) is 0 Å². The van der Waals surface area contributed by atoms with Gasteiger partial charge in [-0.3, -0.25) is 4.79 Å². The van der Waals surface area contributed by atoms with E-state index in [2.05, 4.69) is 24.3 Å². The van der Waals surface area contributed by atoms with Crippen LogP contribution in [0.25, 0.3) is 0 Å². The van der Waals surface area contributed by atoms with Gasteiger partial charge in [0.2, 0.25) is 0 Å². The maximum absolute atomic E-state index is 10.6. The zero-order chi connectivity index (χ0) is 20.5. The molecule has 0 amide bonds. The summed E-state index contributed by atoms with van der Waals surface area (Å²) in [4.78, 5) is 10.6. The van der Waals surface area contributed by atoms with Gasteiger partial charge in [0.1, 0.15) is 12.4 Å². The van der Waals surface area contributed by atoms with Gasteiger partial charge in [0.05, 0.1) is 11.9 Å². The predicted octanol–water partition coefficient (Wildman–Crippen LogP) is 5.03. The predicted molar refractivity (Wildman–Crippen MR) is 118 cm³/mol. The molecule has 0 radical (unpaired) electrons. The lowest BCUT2D eigenvalue weighted by atomic mass is 9.92. The van der Waals surface area contributed by atoms with E-state index < -0.39 is 12.1 Å². The van der Waals surface area contributed by atoms with Gasteiger partial charge < -0.3 is 14.9 Å². The van der Waals surface area contributed by atoms with Crippen molar-refractivity contribution in [3.05, 3.63) is 65.2 Å².